The molecule has 3 atom stereocenters. The lowest BCUT2D eigenvalue weighted by atomic mass is 10.1. The lowest BCUT2D eigenvalue weighted by molar-refractivity contribution is -0.161. The zero-order valence-electron chi connectivity index (χ0n) is 46.3. The Hall–Kier alpha value is -4.12. The Labute approximate surface area is 449 Å². The van der Waals surface area contributed by atoms with E-state index in [1.807, 2.05) is 0 Å². The minimum absolute atomic E-state index is 0.115. The van der Waals surface area contributed by atoms with Gasteiger partial charge in [0.05, 0.1) is 19.8 Å². The second kappa shape index (κ2) is 55.1. The van der Waals surface area contributed by atoms with Gasteiger partial charge in [0.15, 0.2) is 6.10 Å². The highest BCUT2D eigenvalue weighted by Gasteiger charge is 2.28. The first-order valence-electron chi connectivity index (χ1n) is 28.4. The van der Waals surface area contributed by atoms with E-state index in [0.717, 1.165) is 116 Å². The molecule has 0 bridgehead atoms. The number of aliphatic hydroxyl groups is 1. The van der Waals surface area contributed by atoms with Crippen molar-refractivity contribution in [3.05, 3.63) is 122 Å². The highest BCUT2D eigenvalue weighted by molar-refractivity contribution is 7.47. The van der Waals surface area contributed by atoms with Gasteiger partial charge in [-0.3, -0.25) is 23.4 Å². The zero-order valence-corrected chi connectivity index (χ0v) is 47.2. The molecule has 0 aromatic carbocycles. The standard InChI is InChI=1S/C62H101O11P/c1-4-7-10-13-16-19-22-25-28-29-32-35-38-41-44-47-50-53-62(66)73-59(55-69-60(64)51-48-45-42-39-36-33-30-26-23-20-17-14-11-8-5-2)57-71-74(67,68)70-56-58(54-63)72-61(65)52-49-46-43-40-37-34-31-27-24-21-18-15-12-9-6-3/h8-9,11-12,16-21,25-28,30-31,36-37,39-40,58-59,63H,4-7,10,13-15,22-24,29,32-35,38,41-57H2,1-3H3,(H,67,68)/b11-8-,12-9-,19-16-,20-17-,21-18-,28-25-,30-26-,31-27-,39-36-,40-37-. The number of phosphoric ester groups is 1. The third-order valence-electron chi connectivity index (χ3n) is 11.3. The van der Waals surface area contributed by atoms with E-state index in [1.165, 1.54) is 38.5 Å². The molecule has 0 aromatic heterocycles. The van der Waals surface area contributed by atoms with Gasteiger partial charge in [-0.15, -0.1) is 0 Å². The quantitative estimate of drug-likeness (QED) is 0.0197. The second-order valence-corrected chi connectivity index (χ2v) is 19.8. The topological polar surface area (TPSA) is 155 Å². The molecule has 0 aliphatic carbocycles. The first kappa shape index (κ1) is 69.9. The molecule has 74 heavy (non-hydrogen) atoms. The van der Waals surface area contributed by atoms with Crippen LogP contribution < -0.4 is 0 Å². The number of allylic oxidation sites excluding steroid dienone is 20. The normalized spacial score (nSPS) is 14.3. The maximum absolute atomic E-state index is 12.9. The first-order chi connectivity index (χ1) is 36.2. The first-order valence-corrected chi connectivity index (χ1v) is 29.9. The van der Waals surface area contributed by atoms with Gasteiger partial charge in [-0.1, -0.05) is 187 Å². The maximum atomic E-state index is 12.9. The van der Waals surface area contributed by atoms with E-state index in [4.69, 9.17) is 23.3 Å². The molecule has 0 rings (SSSR count). The minimum Gasteiger partial charge on any atom is -0.462 e. The number of carbonyl (C=O) groups is 3. The summed E-state index contributed by atoms with van der Waals surface area (Å²) in [5.41, 5.74) is 0. The van der Waals surface area contributed by atoms with Crippen molar-refractivity contribution in [2.24, 2.45) is 0 Å². The number of esters is 3. The molecular formula is C62H101O11P. The third kappa shape index (κ3) is 52.7. The second-order valence-electron chi connectivity index (χ2n) is 18.3. The Morgan fingerprint density at radius 3 is 1.11 bits per heavy atom. The van der Waals surface area contributed by atoms with Crippen molar-refractivity contribution in [1.29, 1.82) is 0 Å². The summed E-state index contributed by atoms with van der Waals surface area (Å²) < 4.78 is 39.4. The summed E-state index contributed by atoms with van der Waals surface area (Å²) in [6, 6.07) is 0. The van der Waals surface area contributed by atoms with E-state index in [1.54, 1.807) is 0 Å². The van der Waals surface area contributed by atoms with Crippen molar-refractivity contribution >= 4 is 25.7 Å². The fourth-order valence-corrected chi connectivity index (χ4v) is 7.86. The zero-order chi connectivity index (χ0) is 54.1. The van der Waals surface area contributed by atoms with Gasteiger partial charge in [-0.2, -0.15) is 0 Å². The smallest absolute Gasteiger partial charge is 0.462 e. The summed E-state index contributed by atoms with van der Waals surface area (Å²) in [7, 11) is -4.78. The Morgan fingerprint density at radius 2 is 0.703 bits per heavy atom. The molecule has 0 saturated carbocycles. The van der Waals surface area contributed by atoms with Crippen molar-refractivity contribution in [3.63, 3.8) is 0 Å². The molecular weight excluding hydrogens is 952 g/mol. The summed E-state index contributed by atoms with van der Waals surface area (Å²) >= 11 is 0. The van der Waals surface area contributed by atoms with Crippen molar-refractivity contribution in [3.8, 4) is 0 Å². The molecule has 0 aromatic rings. The van der Waals surface area contributed by atoms with Crippen LogP contribution in [0.1, 0.15) is 213 Å². The van der Waals surface area contributed by atoms with Gasteiger partial charge in [0.25, 0.3) is 0 Å². The molecule has 0 radical (unpaired) electrons. The van der Waals surface area contributed by atoms with Gasteiger partial charge in [-0.25, -0.2) is 4.57 Å². The number of ether oxygens (including phenoxy) is 3. The lowest BCUT2D eigenvalue weighted by Gasteiger charge is -2.21. The van der Waals surface area contributed by atoms with Crippen LogP contribution in [-0.4, -0.2) is 66.5 Å². The summed E-state index contributed by atoms with van der Waals surface area (Å²) in [5.74, 6) is -1.58. The largest absolute Gasteiger partial charge is 0.472 e. The van der Waals surface area contributed by atoms with Gasteiger partial charge in [0.2, 0.25) is 0 Å². The molecule has 11 nitrogen and oxygen atoms in total. The minimum atomic E-state index is -4.78. The van der Waals surface area contributed by atoms with Crippen LogP contribution in [0.2, 0.25) is 0 Å². The summed E-state index contributed by atoms with van der Waals surface area (Å²) in [6.45, 7) is 4.27. The molecule has 3 unspecified atom stereocenters. The number of unbranched alkanes of at least 4 members (excludes halogenated alkanes) is 14. The van der Waals surface area contributed by atoms with Gasteiger partial charge in [0, 0.05) is 19.3 Å². The van der Waals surface area contributed by atoms with E-state index in [0.29, 0.717) is 19.3 Å². The Morgan fingerprint density at radius 1 is 0.392 bits per heavy atom. The number of carbonyl (C=O) groups excluding carboxylic acids is 3. The number of aliphatic hydroxyl groups excluding tert-OH is 1. The average molecular weight is 1050 g/mol. The van der Waals surface area contributed by atoms with Crippen LogP contribution in [0, 0.1) is 0 Å². The van der Waals surface area contributed by atoms with Crippen LogP contribution in [0.3, 0.4) is 0 Å². The highest BCUT2D eigenvalue weighted by atomic mass is 31.2. The third-order valence-corrected chi connectivity index (χ3v) is 12.3. The molecule has 0 aliphatic rings. The maximum Gasteiger partial charge on any atom is 0.472 e. The van der Waals surface area contributed by atoms with Gasteiger partial charge < -0.3 is 24.2 Å². The number of rotatable bonds is 51. The van der Waals surface area contributed by atoms with Crippen LogP contribution in [0.15, 0.2) is 122 Å². The van der Waals surface area contributed by atoms with Crippen molar-refractivity contribution in [2.45, 2.75) is 226 Å². The number of hydrogen-bond donors (Lipinski definition) is 2. The van der Waals surface area contributed by atoms with E-state index < -0.39 is 57.8 Å². The average Bonchev–Trinajstić information content (AvgIpc) is 3.39. The molecule has 0 spiro atoms. The van der Waals surface area contributed by atoms with Crippen molar-refractivity contribution in [2.75, 3.05) is 26.4 Å². The lowest BCUT2D eigenvalue weighted by Crippen LogP contribution is -2.30. The predicted molar refractivity (Wildman–Crippen MR) is 306 cm³/mol. The summed E-state index contributed by atoms with van der Waals surface area (Å²) in [6.07, 6.45) is 67.3. The molecule has 0 saturated heterocycles. The Balaban J connectivity index is 4.85. The fourth-order valence-electron chi connectivity index (χ4n) is 7.07. The fraction of sp³-hybridized carbons (Fsp3) is 0.629. The molecule has 0 fully saturated rings. The van der Waals surface area contributed by atoms with E-state index in [2.05, 4.69) is 142 Å². The number of hydrogen-bond acceptors (Lipinski definition) is 10. The van der Waals surface area contributed by atoms with Gasteiger partial charge in [0.1, 0.15) is 12.7 Å². The summed E-state index contributed by atoms with van der Waals surface area (Å²) in [4.78, 5) is 48.5. The Bertz CT molecular complexity index is 1700. The highest BCUT2D eigenvalue weighted by Crippen LogP contribution is 2.43. The van der Waals surface area contributed by atoms with Crippen molar-refractivity contribution < 1.29 is 52.2 Å². The monoisotopic (exact) mass is 1050 g/mol. The van der Waals surface area contributed by atoms with E-state index in [-0.39, 0.29) is 25.9 Å². The van der Waals surface area contributed by atoms with Crippen LogP contribution in [0.5, 0.6) is 0 Å². The molecule has 0 heterocycles. The SMILES string of the molecule is CC/C=C\C/C=C\C/C=C\C/C=C\CCCCC(=O)OCC(COP(=O)(O)OCC(CO)OC(=O)CCCC/C=C\C/C=C\C/C=C\C/C=C\CC)OC(=O)CCCCCCCCC/C=C\C/C=C\CCCCC. The molecule has 12 heteroatoms. The van der Waals surface area contributed by atoms with E-state index in [9.17, 15) is 28.9 Å². The number of phosphoric acid groups is 1. The summed E-state index contributed by atoms with van der Waals surface area (Å²) in [5, 5.41) is 9.80. The van der Waals surface area contributed by atoms with Crippen LogP contribution in [0.4, 0.5) is 0 Å². The Kier molecular flexibility index (Phi) is 52.1. The van der Waals surface area contributed by atoms with Gasteiger partial charge in [-0.05, 0) is 128 Å². The van der Waals surface area contributed by atoms with Crippen LogP contribution in [0.25, 0.3) is 0 Å². The van der Waals surface area contributed by atoms with Crippen LogP contribution in [-0.2, 0) is 42.2 Å². The molecule has 0 amide bonds. The van der Waals surface area contributed by atoms with Gasteiger partial charge >= 0.3 is 25.7 Å². The molecule has 420 valence electrons. The van der Waals surface area contributed by atoms with Crippen molar-refractivity contribution in [1.82, 2.24) is 0 Å². The van der Waals surface area contributed by atoms with Crippen LogP contribution >= 0.6 is 7.82 Å². The molecule has 0 aliphatic heterocycles. The molecule has 2 N–H and O–H groups in total. The van der Waals surface area contributed by atoms with E-state index >= 15 is 0 Å². The predicted octanol–water partition coefficient (Wildman–Crippen LogP) is 16.8.